The van der Waals surface area contributed by atoms with E-state index in [1.54, 1.807) is 36.7 Å². The zero-order valence-electron chi connectivity index (χ0n) is 11.3. The second-order valence-electron chi connectivity index (χ2n) is 4.95. The summed E-state index contributed by atoms with van der Waals surface area (Å²) in [5, 5.41) is 8.54. The molecule has 0 aromatic carbocycles. The summed E-state index contributed by atoms with van der Waals surface area (Å²) in [5.41, 5.74) is -0.165. The molecule has 3 amide bonds. The fourth-order valence-electron chi connectivity index (χ4n) is 2.44. The lowest BCUT2D eigenvalue weighted by molar-refractivity contribution is -0.124. The van der Waals surface area contributed by atoms with E-state index >= 15 is 0 Å². The Balaban J connectivity index is 2.10. The number of carbonyl (C=O) groups is 2. The molecule has 1 aliphatic heterocycles. The number of imide groups is 1. The van der Waals surface area contributed by atoms with E-state index in [0.717, 1.165) is 0 Å². The third kappa shape index (κ3) is 2.15. The van der Waals surface area contributed by atoms with Gasteiger partial charge in [0.25, 0.3) is 11.5 Å². The van der Waals surface area contributed by atoms with Gasteiger partial charge in [-0.25, -0.2) is 4.79 Å². The maximum atomic E-state index is 12.3. The van der Waals surface area contributed by atoms with Crippen LogP contribution < -0.4 is 16.2 Å². The van der Waals surface area contributed by atoms with Gasteiger partial charge in [0.1, 0.15) is 0 Å². The monoisotopic (exact) mass is 303 g/mol. The van der Waals surface area contributed by atoms with Gasteiger partial charge in [-0.05, 0) is 35.4 Å². The van der Waals surface area contributed by atoms with Crippen molar-refractivity contribution >= 4 is 23.3 Å². The van der Waals surface area contributed by atoms with Gasteiger partial charge in [0.2, 0.25) is 0 Å². The van der Waals surface area contributed by atoms with Crippen LogP contribution in [0.2, 0.25) is 0 Å². The number of hydrogen-bond donors (Lipinski definition) is 2. The zero-order chi connectivity index (χ0) is 15.0. The summed E-state index contributed by atoms with van der Waals surface area (Å²) in [6.45, 7) is 1.77. The lowest BCUT2D eigenvalue weighted by atomic mass is 9.92. The summed E-state index contributed by atoms with van der Waals surface area (Å²) in [6.07, 6.45) is 1.61. The molecule has 0 bridgehead atoms. The molecule has 0 saturated carbocycles. The molecule has 0 spiro atoms. The van der Waals surface area contributed by atoms with Crippen LogP contribution in [0.15, 0.2) is 40.0 Å². The number of pyridine rings is 1. The van der Waals surface area contributed by atoms with Crippen molar-refractivity contribution in [1.29, 1.82) is 0 Å². The standard InChI is InChI=1S/C14H13N3O3S/c1-9-3-2-5-17(11(9)18)8-14(10-4-6-21-7-10)12(19)15-13(20)16-14/h2-7H,8H2,1H3,(H2,15,16,19,20). The topological polar surface area (TPSA) is 80.2 Å². The van der Waals surface area contributed by atoms with Crippen molar-refractivity contribution in [3.05, 3.63) is 56.6 Å². The van der Waals surface area contributed by atoms with Crippen molar-refractivity contribution in [3.8, 4) is 0 Å². The van der Waals surface area contributed by atoms with Gasteiger partial charge in [-0.2, -0.15) is 11.3 Å². The number of nitrogens with one attached hydrogen (secondary N) is 2. The van der Waals surface area contributed by atoms with Crippen LogP contribution in [0.25, 0.3) is 0 Å². The first kappa shape index (κ1) is 13.6. The molecule has 7 heteroatoms. The minimum Gasteiger partial charge on any atom is -0.318 e. The maximum Gasteiger partial charge on any atom is 0.322 e. The van der Waals surface area contributed by atoms with Crippen molar-refractivity contribution in [3.63, 3.8) is 0 Å². The minimum atomic E-state index is -1.24. The average Bonchev–Trinajstić information content (AvgIpc) is 3.05. The average molecular weight is 303 g/mol. The van der Waals surface area contributed by atoms with Crippen molar-refractivity contribution in [2.24, 2.45) is 0 Å². The number of carbonyl (C=O) groups excluding carboxylic acids is 2. The first-order valence-electron chi connectivity index (χ1n) is 6.35. The number of rotatable bonds is 3. The van der Waals surface area contributed by atoms with Gasteiger partial charge in [-0.1, -0.05) is 6.07 Å². The normalized spacial score (nSPS) is 21.2. The first-order valence-corrected chi connectivity index (χ1v) is 7.29. The van der Waals surface area contributed by atoms with Crippen LogP contribution in [0.4, 0.5) is 4.79 Å². The summed E-state index contributed by atoms with van der Waals surface area (Å²) in [4.78, 5) is 36.1. The molecule has 6 nitrogen and oxygen atoms in total. The molecule has 2 N–H and O–H groups in total. The lowest BCUT2D eigenvalue weighted by Gasteiger charge is -2.26. The third-order valence-corrected chi connectivity index (χ3v) is 4.26. The maximum absolute atomic E-state index is 12.3. The molecule has 21 heavy (non-hydrogen) atoms. The smallest absolute Gasteiger partial charge is 0.318 e. The molecule has 0 radical (unpaired) electrons. The molecule has 108 valence electrons. The van der Waals surface area contributed by atoms with Crippen LogP contribution in [0.1, 0.15) is 11.1 Å². The number of aromatic nitrogens is 1. The summed E-state index contributed by atoms with van der Waals surface area (Å²) in [5.74, 6) is -0.445. The first-order chi connectivity index (χ1) is 10.0. The van der Waals surface area contributed by atoms with Crippen molar-refractivity contribution in [2.75, 3.05) is 0 Å². The Kier molecular flexibility index (Phi) is 3.13. The molecular weight excluding hydrogens is 290 g/mol. The summed E-state index contributed by atoms with van der Waals surface area (Å²) in [7, 11) is 0. The van der Waals surface area contributed by atoms with Crippen LogP contribution in [0.5, 0.6) is 0 Å². The number of aryl methyl sites for hydroxylation is 1. The molecule has 2 aromatic rings. The SMILES string of the molecule is Cc1cccn(CC2(c3ccsc3)NC(=O)NC2=O)c1=O. The van der Waals surface area contributed by atoms with Gasteiger partial charge in [0.05, 0.1) is 6.54 Å². The van der Waals surface area contributed by atoms with Gasteiger partial charge in [0.15, 0.2) is 5.54 Å². The Labute approximate surface area is 124 Å². The second kappa shape index (κ2) is 4.85. The predicted octanol–water partition coefficient (Wildman–Crippen LogP) is 0.953. The Morgan fingerprint density at radius 3 is 2.71 bits per heavy atom. The van der Waals surface area contributed by atoms with E-state index in [4.69, 9.17) is 0 Å². The summed E-state index contributed by atoms with van der Waals surface area (Å²) >= 11 is 1.43. The zero-order valence-corrected chi connectivity index (χ0v) is 12.1. The molecule has 1 unspecified atom stereocenters. The van der Waals surface area contributed by atoms with Gasteiger partial charge in [-0.15, -0.1) is 0 Å². The van der Waals surface area contributed by atoms with E-state index in [2.05, 4.69) is 10.6 Å². The predicted molar refractivity (Wildman–Crippen MR) is 78.1 cm³/mol. The highest BCUT2D eigenvalue weighted by Crippen LogP contribution is 2.28. The van der Waals surface area contributed by atoms with Crippen LogP contribution in [-0.4, -0.2) is 16.5 Å². The van der Waals surface area contributed by atoms with E-state index < -0.39 is 17.5 Å². The van der Waals surface area contributed by atoms with Crippen molar-refractivity contribution in [2.45, 2.75) is 19.0 Å². The van der Waals surface area contributed by atoms with Crippen molar-refractivity contribution < 1.29 is 9.59 Å². The van der Waals surface area contributed by atoms with Crippen LogP contribution >= 0.6 is 11.3 Å². The Morgan fingerprint density at radius 1 is 1.29 bits per heavy atom. The van der Waals surface area contributed by atoms with Crippen LogP contribution in [-0.2, 0) is 16.9 Å². The van der Waals surface area contributed by atoms with Gasteiger partial charge in [-0.3, -0.25) is 14.9 Å². The van der Waals surface area contributed by atoms with E-state index in [9.17, 15) is 14.4 Å². The van der Waals surface area contributed by atoms with Gasteiger partial charge < -0.3 is 9.88 Å². The van der Waals surface area contributed by atoms with E-state index in [-0.39, 0.29) is 12.1 Å². The minimum absolute atomic E-state index is 0.0574. The van der Waals surface area contributed by atoms with E-state index in [1.807, 2.05) is 5.38 Å². The second-order valence-corrected chi connectivity index (χ2v) is 5.73. The molecular formula is C14H13N3O3S. The Morgan fingerprint density at radius 2 is 2.10 bits per heavy atom. The molecule has 1 atom stereocenters. The molecule has 1 aliphatic rings. The third-order valence-electron chi connectivity index (χ3n) is 3.57. The summed E-state index contributed by atoms with van der Waals surface area (Å²) in [6, 6.07) is 4.68. The summed E-state index contributed by atoms with van der Waals surface area (Å²) < 4.78 is 1.44. The number of nitrogens with zero attached hydrogens (tertiary/aromatic N) is 1. The van der Waals surface area contributed by atoms with Crippen LogP contribution in [0, 0.1) is 6.92 Å². The highest BCUT2D eigenvalue weighted by atomic mass is 32.1. The lowest BCUT2D eigenvalue weighted by Crippen LogP contribution is -2.48. The quantitative estimate of drug-likeness (QED) is 0.829. The largest absolute Gasteiger partial charge is 0.322 e. The fourth-order valence-corrected chi connectivity index (χ4v) is 3.17. The molecule has 1 saturated heterocycles. The van der Waals surface area contributed by atoms with Crippen molar-refractivity contribution in [1.82, 2.24) is 15.2 Å². The molecule has 3 heterocycles. The molecule has 1 fully saturated rings. The van der Waals surface area contributed by atoms with Gasteiger partial charge >= 0.3 is 6.03 Å². The number of amides is 3. The van der Waals surface area contributed by atoms with Gasteiger partial charge in [0, 0.05) is 11.8 Å². The highest BCUT2D eigenvalue weighted by molar-refractivity contribution is 7.08. The molecule has 2 aromatic heterocycles. The Hall–Kier alpha value is -2.41. The number of thiophene rings is 1. The molecule has 0 aliphatic carbocycles. The van der Waals surface area contributed by atoms with E-state index in [1.165, 1.54) is 15.9 Å². The van der Waals surface area contributed by atoms with Crippen LogP contribution in [0.3, 0.4) is 0 Å². The highest BCUT2D eigenvalue weighted by Gasteiger charge is 2.48. The number of hydrogen-bond acceptors (Lipinski definition) is 4. The Bertz CT molecular complexity index is 766. The number of urea groups is 1. The van der Waals surface area contributed by atoms with E-state index in [0.29, 0.717) is 11.1 Å². The molecule has 3 rings (SSSR count). The fraction of sp³-hybridized carbons (Fsp3) is 0.214.